The summed E-state index contributed by atoms with van der Waals surface area (Å²) in [5.74, 6) is 1.98. The van der Waals surface area contributed by atoms with Gasteiger partial charge in [-0.2, -0.15) is 5.10 Å². The normalized spacial score (nSPS) is 34.4. The number of nitrogens with zero attached hydrogens (tertiary/aromatic N) is 3. The monoisotopic (exact) mass is 294 g/mol. The molecule has 0 amide bonds. The van der Waals surface area contributed by atoms with Crippen LogP contribution in [0.25, 0.3) is 0 Å². The van der Waals surface area contributed by atoms with Crippen LogP contribution >= 0.6 is 0 Å². The molecule has 0 aromatic carbocycles. The van der Waals surface area contributed by atoms with Gasteiger partial charge in [0, 0.05) is 25.0 Å². The molecule has 3 heterocycles. The minimum Gasteiger partial charge on any atom is -0.390 e. The standard InChI is InChI=1S/C15H26N4O2/c1-3-13-16-14(18-17-13)9-19-7-4-5-12(19)11-10-21-8-6-15(11,2)20/h11-12,20H,3-10H2,1-2H3,(H,16,17,18)/t11-,12-,15-/m1/s1. The summed E-state index contributed by atoms with van der Waals surface area (Å²) >= 11 is 0. The number of nitrogens with one attached hydrogen (secondary N) is 1. The second-order valence-electron chi connectivity index (χ2n) is 6.52. The van der Waals surface area contributed by atoms with Crippen molar-refractivity contribution in [3.63, 3.8) is 0 Å². The van der Waals surface area contributed by atoms with E-state index >= 15 is 0 Å². The van der Waals surface area contributed by atoms with E-state index in [9.17, 15) is 5.11 Å². The highest BCUT2D eigenvalue weighted by Crippen LogP contribution is 2.36. The summed E-state index contributed by atoms with van der Waals surface area (Å²) in [6, 6.07) is 0.371. The third-order valence-corrected chi connectivity index (χ3v) is 4.97. The molecule has 2 aliphatic rings. The van der Waals surface area contributed by atoms with Crippen LogP contribution in [0.1, 0.15) is 44.8 Å². The number of aromatic amines is 1. The van der Waals surface area contributed by atoms with E-state index in [1.165, 1.54) is 6.42 Å². The minimum atomic E-state index is -0.624. The highest BCUT2D eigenvalue weighted by Gasteiger charge is 2.44. The van der Waals surface area contributed by atoms with Gasteiger partial charge in [-0.1, -0.05) is 6.92 Å². The molecule has 0 saturated carbocycles. The van der Waals surface area contributed by atoms with Crippen molar-refractivity contribution in [3.8, 4) is 0 Å². The molecule has 0 aliphatic carbocycles. The van der Waals surface area contributed by atoms with E-state index < -0.39 is 5.60 Å². The molecule has 3 rings (SSSR count). The van der Waals surface area contributed by atoms with E-state index in [-0.39, 0.29) is 5.92 Å². The van der Waals surface area contributed by atoms with Crippen LogP contribution in [0.4, 0.5) is 0 Å². The topological polar surface area (TPSA) is 74.3 Å². The number of aliphatic hydroxyl groups is 1. The molecule has 2 fully saturated rings. The van der Waals surface area contributed by atoms with Crippen molar-refractivity contribution < 1.29 is 9.84 Å². The highest BCUT2D eigenvalue weighted by molar-refractivity contribution is 4.98. The maximum atomic E-state index is 10.7. The van der Waals surface area contributed by atoms with Crippen molar-refractivity contribution >= 4 is 0 Å². The van der Waals surface area contributed by atoms with Gasteiger partial charge >= 0.3 is 0 Å². The van der Waals surface area contributed by atoms with E-state index in [0.717, 1.165) is 44.0 Å². The molecule has 3 atom stereocenters. The van der Waals surface area contributed by atoms with E-state index in [4.69, 9.17) is 4.74 Å². The molecule has 118 valence electrons. The smallest absolute Gasteiger partial charge is 0.150 e. The van der Waals surface area contributed by atoms with Crippen LogP contribution < -0.4 is 0 Å². The van der Waals surface area contributed by atoms with Crippen LogP contribution in [0.5, 0.6) is 0 Å². The summed E-state index contributed by atoms with van der Waals surface area (Å²) in [5, 5.41) is 17.9. The SMILES string of the molecule is CCc1n[nH]c(CN2CCC[C@@H]2[C@H]2COCC[C@@]2(C)O)n1. The zero-order chi connectivity index (χ0) is 14.9. The molecule has 2 saturated heterocycles. The van der Waals surface area contributed by atoms with Crippen LogP contribution in [0.3, 0.4) is 0 Å². The predicted octanol–water partition coefficient (Wildman–Crippen LogP) is 1.12. The van der Waals surface area contributed by atoms with Crippen molar-refractivity contribution in [1.29, 1.82) is 0 Å². The zero-order valence-corrected chi connectivity index (χ0v) is 13.0. The molecular formula is C15H26N4O2. The Bertz CT molecular complexity index is 474. The largest absolute Gasteiger partial charge is 0.390 e. The lowest BCUT2D eigenvalue weighted by atomic mass is 9.79. The molecule has 1 aromatic rings. The van der Waals surface area contributed by atoms with Crippen LogP contribution in [-0.2, 0) is 17.7 Å². The predicted molar refractivity (Wildman–Crippen MR) is 78.7 cm³/mol. The first kappa shape index (κ1) is 14.9. The summed E-state index contributed by atoms with van der Waals surface area (Å²) in [7, 11) is 0. The molecule has 21 heavy (non-hydrogen) atoms. The van der Waals surface area contributed by atoms with E-state index in [0.29, 0.717) is 19.3 Å². The first-order valence-electron chi connectivity index (χ1n) is 8.04. The third-order valence-electron chi connectivity index (χ3n) is 4.97. The summed E-state index contributed by atoms with van der Waals surface area (Å²) in [6.45, 7) is 7.18. The molecule has 2 N–H and O–H groups in total. The minimum absolute atomic E-state index is 0.183. The first-order chi connectivity index (χ1) is 10.1. The summed E-state index contributed by atoms with van der Waals surface area (Å²) in [5.41, 5.74) is -0.624. The fraction of sp³-hybridized carbons (Fsp3) is 0.867. The van der Waals surface area contributed by atoms with E-state index in [1.807, 2.05) is 6.92 Å². The molecule has 0 unspecified atom stereocenters. The number of hydrogen-bond acceptors (Lipinski definition) is 5. The highest BCUT2D eigenvalue weighted by atomic mass is 16.5. The average molecular weight is 294 g/mol. The second kappa shape index (κ2) is 6.02. The molecule has 0 bridgehead atoms. The van der Waals surface area contributed by atoms with Crippen molar-refractivity contribution in [3.05, 3.63) is 11.6 Å². The van der Waals surface area contributed by atoms with Crippen LogP contribution in [0.15, 0.2) is 0 Å². The van der Waals surface area contributed by atoms with Gasteiger partial charge in [-0.05, 0) is 32.7 Å². The maximum Gasteiger partial charge on any atom is 0.150 e. The van der Waals surface area contributed by atoms with Crippen LogP contribution in [-0.4, -0.2) is 56.6 Å². The lowest BCUT2D eigenvalue weighted by Crippen LogP contribution is -2.52. The van der Waals surface area contributed by atoms with Crippen molar-refractivity contribution in [2.75, 3.05) is 19.8 Å². The van der Waals surface area contributed by atoms with Gasteiger partial charge in [0.15, 0.2) is 0 Å². The molecule has 6 nitrogen and oxygen atoms in total. The van der Waals surface area contributed by atoms with E-state index in [2.05, 4.69) is 27.0 Å². The Hall–Kier alpha value is -0.980. The molecule has 6 heteroatoms. The van der Waals surface area contributed by atoms with Gasteiger partial charge < -0.3 is 9.84 Å². The Labute approximate surface area is 125 Å². The van der Waals surface area contributed by atoms with Crippen molar-refractivity contribution in [2.24, 2.45) is 5.92 Å². The number of aryl methyl sites for hydroxylation is 1. The number of likely N-dealkylation sites (tertiary alicyclic amines) is 1. The van der Waals surface area contributed by atoms with Gasteiger partial charge in [0.2, 0.25) is 0 Å². The summed E-state index contributed by atoms with van der Waals surface area (Å²) in [4.78, 5) is 6.93. The third kappa shape index (κ3) is 3.12. The van der Waals surface area contributed by atoms with Gasteiger partial charge in [0.25, 0.3) is 0 Å². The Kier molecular flexibility index (Phi) is 4.28. The van der Waals surface area contributed by atoms with Crippen LogP contribution in [0, 0.1) is 5.92 Å². The fourth-order valence-corrected chi connectivity index (χ4v) is 3.64. The first-order valence-corrected chi connectivity index (χ1v) is 8.04. The Morgan fingerprint density at radius 3 is 3.10 bits per heavy atom. The van der Waals surface area contributed by atoms with Crippen molar-refractivity contribution in [1.82, 2.24) is 20.1 Å². The number of ether oxygens (including phenoxy) is 1. The number of hydrogen-bond donors (Lipinski definition) is 2. The second-order valence-corrected chi connectivity index (χ2v) is 6.52. The van der Waals surface area contributed by atoms with E-state index in [1.54, 1.807) is 0 Å². The van der Waals surface area contributed by atoms with Gasteiger partial charge in [0.05, 0.1) is 18.8 Å². The Morgan fingerprint density at radius 1 is 1.52 bits per heavy atom. The van der Waals surface area contributed by atoms with Crippen LogP contribution in [0.2, 0.25) is 0 Å². The Morgan fingerprint density at radius 2 is 2.38 bits per heavy atom. The van der Waals surface area contributed by atoms with Gasteiger partial charge in [-0.3, -0.25) is 10.00 Å². The number of aromatic nitrogens is 3. The number of rotatable bonds is 4. The zero-order valence-electron chi connectivity index (χ0n) is 13.0. The molecule has 0 radical (unpaired) electrons. The molecule has 0 spiro atoms. The van der Waals surface area contributed by atoms with Crippen molar-refractivity contribution in [2.45, 2.75) is 57.7 Å². The molecule has 2 aliphatic heterocycles. The quantitative estimate of drug-likeness (QED) is 0.870. The fourth-order valence-electron chi connectivity index (χ4n) is 3.64. The van der Waals surface area contributed by atoms with Gasteiger partial charge in [-0.25, -0.2) is 4.98 Å². The Balaban J connectivity index is 1.70. The molecule has 1 aromatic heterocycles. The lowest BCUT2D eigenvalue weighted by Gasteiger charge is -2.43. The molecular weight excluding hydrogens is 268 g/mol. The average Bonchev–Trinajstić information content (AvgIpc) is 3.08. The van der Waals surface area contributed by atoms with Gasteiger partial charge in [-0.15, -0.1) is 0 Å². The summed E-state index contributed by atoms with van der Waals surface area (Å²) < 4.78 is 5.63. The van der Waals surface area contributed by atoms with Gasteiger partial charge in [0.1, 0.15) is 11.6 Å². The maximum absolute atomic E-state index is 10.7. The number of H-pyrrole nitrogens is 1. The summed E-state index contributed by atoms with van der Waals surface area (Å²) in [6.07, 6.45) is 3.88. The lowest BCUT2D eigenvalue weighted by molar-refractivity contribution is -0.123.